The Labute approximate surface area is 166 Å². The van der Waals surface area contributed by atoms with E-state index in [2.05, 4.69) is 16.0 Å². The molecule has 3 amide bonds. The molecule has 148 valence electrons. The van der Waals surface area contributed by atoms with Crippen LogP contribution in [0.25, 0.3) is 0 Å². The second-order valence-electron chi connectivity index (χ2n) is 5.92. The smallest absolute Gasteiger partial charge is 0.340 e. The van der Waals surface area contributed by atoms with E-state index in [1.165, 1.54) is 6.26 Å². The lowest BCUT2D eigenvalue weighted by Crippen LogP contribution is -2.41. The van der Waals surface area contributed by atoms with E-state index >= 15 is 0 Å². The molecule has 3 N–H and O–H groups in total. The fourth-order valence-electron chi connectivity index (χ4n) is 2.44. The Balaban J connectivity index is 1.50. The monoisotopic (exact) mass is 393 g/mol. The van der Waals surface area contributed by atoms with Crippen LogP contribution in [-0.2, 0) is 16.1 Å². The van der Waals surface area contributed by atoms with Gasteiger partial charge in [-0.05, 0) is 36.4 Å². The maximum Gasteiger partial charge on any atom is 0.340 e. The molecular formula is C21H19N3O5. The number of ether oxygens (including phenoxy) is 1. The van der Waals surface area contributed by atoms with Gasteiger partial charge in [0, 0.05) is 5.69 Å². The van der Waals surface area contributed by atoms with Gasteiger partial charge in [0.2, 0.25) is 0 Å². The first kappa shape index (κ1) is 19.7. The molecule has 0 atom stereocenters. The van der Waals surface area contributed by atoms with Crippen LogP contribution in [0.1, 0.15) is 16.1 Å². The molecule has 1 heterocycles. The summed E-state index contributed by atoms with van der Waals surface area (Å²) < 4.78 is 10.1. The van der Waals surface area contributed by atoms with Gasteiger partial charge in [0.05, 0.1) is 24.1 Å². The number of anilines is 2. The molecular weight excluding hydrogens is 374 g/mol. The Bertz CT molecular complexity index is 971. The summed E-state index contributed by atoms with van der Waals surface area (Å²) in [5, 5.41) is 7.67. The molecule has 8 heteroatoms. The first-order chi connectivity index (χ1) is 14.1. The van der Waals surface area contributed by atoms with Crippen LogP contribution in [-0.4, -0.2) is 24.5 Å². The van der Waals surface area contributed by atoms with Crippen molar-refractivity contribution in [1.29, 1.82) is 0 Å². The fraction of sp³-hybridized carbons (Fsp3) is 0.0952. The molecule has 0 saturated heterocycles. The lowest BCUT2D eigenvalue weighted by molar-refractivity contribution is -0.123. The maximum atomic E-state index is 12.4. The van der Waals surface area contributed by atoms with Crippen molar-refractivity contribution in [3.05, 3.63) is 84.3 Å². The van der Waals surface area contributed by atoms with Crippen LogP contribution < -0.4 is 16.0 Å². The summed E-state index contributed by atoms with van der Waals surface area (Å²) in [4.78, 5) is 35.9. The van der Waals surface area contributed by atoms with Crippen LogP contribution in [0.5, 0.6) is 0 Å². The van der Waals surface area contributed by atoms with Gasteiger partial charge in [-0.25, -0.2) is 9.59 Å². The van der Waals surface area contributed by atoms with Crippen molar-refractivity contribution in [2.24, 2.45) is 0 Å². The third-order valence-corrected chi connectivity index (χ3v) is 3.79. The highest BCUT2D eigenvalue weighted by atomic mass is 16.5. The van der Waals surface area contributed by atoms with Crippen LogP contribution >= 0.6 is 0 Å². The molecule has 0 fully saturated rings. The number of furan rings is 1. The molecule has 0 unspecified atom stereocenters. The molecule has 0 bridgehead atoms. The maximum absolute atomic E-state index is 12.4. The van der Waals surface area contributed by atoms with Gasteiger partial charge in [-0.2, -0.15) is 0 Å². The number of hydrogen-bond donors (Lipinski definition) is 3. The molecule has 1 aromatic heterocycles. The highest BCUT2D eigenvalue weighted by Gasteiger charge is 2.15. The number of para-hydroxylation sites is 2. The highest BCUT2D eigenvalue weighted by Crippen LogP contribution is 2.21. The number of amides is 3. The van der Waals surface area contributed by atoms with E-state index in [9.17, 15) is 14.4 Å². The number of rotatable bonds is 7. The number of nitrogens with one attached hydrogen (secondary N) is 3. The number of hydrogen-bond acceptors (Lipinski definition) is 6. The zero-order valence-electron chi connectivity index (χ0n) is 15.4. The van der Waals surface area contributed by atoms with E-state index in [0.29, 0.717) is 11.4 Å². The molecule has 3 aromatic rings. The van der Waals surface area contributed by atoms with Crippen LogP contribution in [0.2, 0.25) is 0 Å². The summed E-state index contributed by atoms with van der Waals surface area (Å²) in [5.41, 5.74) is 1.62. The van der Waals surface area contributed by atoms with Crippen LogP contribution in [0, 0.1) is 0 Å². The SMILES string of the molecule is O=C(COC(=O)c1ccccc1Nc1ccccc1)NC(=O)NCc1ccco1. The summed E-state index contributed by atoms with van der Waals surface area (Å²) in [6.07, 6.45) is 1.48. The molecule has 2 aromatic carbocycles. The van der Waals surface area contributed by atoms with E-state index < -0.39 is 24.5 Å². The molecule has 8 nitrogen and oxygen atoms in total. The van der Waals surface area contributed by atoms with E-state index in [-0.39, 0.29) is 12.1 Å². The average molecular weight is 393 g/mol. The van der Waals surface area contributed by atoms with Crippen molar-refractivity contribution in [2.45, 2.75) is 6.54 Å². The highest BCUT2D eigenvalue weighted by molar-refractivity contribution is 5.99. The Morgan fingerprint density at radius 1 is 0.897 bits per heavy atom. The average Bonchev–Trinajstić information content (AvgIpc) is 3.25. The van der Waals surface area contributed by atoms with E-state index in [1.807, 2.05) is 30.3 Å². The largest absolute Gasteiger partial charge is 0.467 e. The predicted molar refractivity (Wildman–Crippen MR) is 106 cm³/mol. The van der Waals surface area contributed by atoms with Gasteiger partial charge in [-0.3, -0.25) is 10.1 Å². The van der Waals surface area contributed by atoms with E-state index in [0.717, 1.165) is 5.69 Å². The minimum absolute atomic E-state index is 0.129. The number of carbonyl (C=O) groups excluding carboxylic acids is 3. The third kappa shape index (κ3) is 5.96. The summed E-state index contributed by atoms with van der Waals surface area (Å²) in [6.45, 7) is -0.461. The second kappa shape index (κ2) is 9.75. The van der Waals surface area contributed by atoms with Gasteiger partial charge in [-0.15, -0.1) is 0 Å². The van der Waals surface area contributed by atoms with Crippen LogP contribution in [0.15, 0.2) is 77.4 Å². The standard InChI is InChI=1S/C21H19N3O5/c25-19(24-21(27)22-13-16-9-6-12-28-16)14-29-20(26)17-10-4-5-11-18(17)23-15-7-2-1-3-8-15/h1-12,23H,13-14H2,(H2,22,24,25,27). The molecule has 0 aliphatic rings. The predicted octanol–water partition coefficient (Wildman–Crippen LogP) is 3.21. The summed E-state index contributed by atoms with van der Waals surface area (Å²) in [5.74, 6) is -0.888. The van der Waals surface area contributed by atoms with Crippen LogP contribution in [0.3, 0.4) is 0 Å². The van der Waals surface area contributed by atoms with Gasteiger partial charge in [0.25, 0.3) is 5.91 Å². The minimum Gasteiger partial charge on any atom is -0.467 e. The quantitative estimate of drug-likeness (QED) is 0.532. The van der Waals surface area contributed by atoms with E-state index in [1.54, 1.807) is 36.4 Å². The summed E-state index contributed by atoms with van der Waals surface area (Å²) >= 11 is 0. The fourth-order valence-corrected chi connectivity index (χ4v) is 2.44. The topological polar surface area (TPSA) is 110 Å². The van der Waals surface area contributed by atoms with E-state index in [4.69, 9.17) is 9.15 Å². The zero-order valence-corrected chi connectivity index (χ0v) is 15.4. The molecule has 0 aliphatic heterocycles. The van der Waals surface area contributed by atoms with Crippen molar-refractivity contribution in [2.75, 3.05) is 11.9 Å². The van der Waals surface area contributed by atoms with Gasteiger partial charge < -0.3 is 19.8 Å². The van der Waals surface area contributed by atoms with Crippen molar-refractivity contribution in [3.8, 4) is 0 Å². The zero-order chi connectivity index (χ0) is 20.5. The molecule has 0 saturated carbocycles. The molecule has 0 spiro atoms. The number of urea groups is 1. The normalized spacial score (nSPS) is 10.1. The third-order valence-electron chi connectivity index (χ3n) is 3.79. The van der Waals surface area contributed by atoms with Gasteiger partial charge >= 0.3 is 12.0 Å². The second-order valence-corrected chi connectivity index (χ2v) is 5.92. The number of imide groups is 1. The lowest BCUT2D eigenvalue weighted by Gasteiger charge is -2.12. The number of carbonyl (C=O) groups is 3. The van der Waals surface area contributed by atoms with Gasteiger partial charge in [0.1, 0.15) is 5.76 Å². The molecule has 3 rings (SSSR count). The van der Waals surface area contributed by atoms with Gasteiger partial charge in [-0.1, -0.05) is 30.3 Å². The first-order valence-electron chi connectivity index (χ1n) is 8.80. The lowest BCUT2D eigenvalue weighted by atomic mass is 10.1. The van der Waals surface area contributed by atoms with Gasteiger partial charge in [0.15, 0.2) is 6.61 Å². The van der Waals surface area contributed by atoms with Crippen molar-refractivity contribution >= 4 is 29.3 Å². The van der Waals surface area contributed by atoms with Crippen molar-refractivity contribution < 1.29 is 23.5 Å². The Hall–Kier alpha value is -4.07. The number of benzene rings is 2. The molecule has 29 heavy (non-hydrogen) atoms. The summed E-state index contributed by atoms with van der Waals surface area (Å²) in [6, 6.07) is 18.8. The Morgan fingerprint density at radius 2 is 1.66 bits per heavy atom. The summed E-state index contributed by atoms with van der Waals surface area (Å²) in [7, 11) is 0. The van der Waals surface area contributed by atoms with Crippen molar-refractivity contribution in [1.82, 2.24) is 10.6 Å². The molecule has 0 radical (unpaired) electrons. The minimum atomic E-state index is -0.746. The Morgan fingerprint density at radius 3 is 2.41 bits per heavy atom. The number of esters is 1. The first-order valence-corrected chi connectivity index (χ1v) is 8.80. The van der Waals surface area contributed by atoms with Crippen molar-refractivity contribution in [3.63, 3.8) is 0 Å². The molecule has 0 aliphatic carbocycles. The van der Waals surface area contributed by atoms with Crippen LogP contribution in [0.4, 0.5) is 16.2 Å². The Kier molecular flexibility index (Phi) is 6.62.